The fourth-order valence-electron chi connectivity index (χ4n) is 2.10. The van der Waals surface area contributed by atoms with Gasteiger partial charge in [0.15, 0.2) is 0 Å². The average molecular weight is 271 g/mol. The third-order valence-electron chi connectivity index (χ3n) is 3.10. The van der Waals surface area contributed by atoms with Crippen molar-refractivity contribution in [3.63, 3.8) is 0 Å². The molecule has 0 aliphatic rings. The highest BCUT2D eigenvalue weighted by Gasteiger charge is 2.10. The van der Waals surface area contributed by atoms with Crippen LogP contribution in [0.15, 0.2) is 42.7 Å². The monoisotopic (exact) mass is 271 g/mol. The highest BCUT2D eigenvalue weighted by Crippen LogP contribution is 2.21. The molecule has 3 nitrogen and oxygen atoms in total. The number of aromatic nitrogens is 1. The smallest absolute Gasteiger partial charge is 0.137 e. The van der Waals surface area contributed by atoms with Crippen LogP contribution in [0.1, 0.15) is 36.1 Å². The molecule has 1 N–H and O–H groups in total. The van der Waals surface area contributed by atoms with E-state index in [9.17, 15) is 5.11 Å². The third kappa shape index (κ3) is 4.07. The van der Waals surface area contributed by atoms with Crippen molar-refractivity contribution >= 4 is 0 Å². The second kappa shape index (κ2) is 7.06. The number of benzene rings is 1. The fraction of sp³-hybridized carbons (Fsp3) is 0.353. The van der Waals surface area contributed by atoms with Gasteiger partial charge in [0.2, 0.25) is 0 Å². The molecule has 2 aromatic rings. The Morgan fingerprint density at radius 1 is 1.25 bits per heavy atom. The van der Waals surface area contributed by atoms with Crippen LogP contribution in [-0.2, 0) is 6.42 Å². The maximum absolute atomic E-state index is 10.3. The summed E-state index contributed by atoms with van der Waals surface area (Å²) < 4.78 is 5.54. The summed E-state index contributed by atoms with van der Waals surface area (Å²) in [7, 11) is 0. The first-order valence-corrected chi connectivity index (χ1v) is 7.00. The fourth-order valence-corrected chi connectivity index (χ4v) is 2.10. The van der Waals surface area contributed by atoms with E-state index in [2.05, 4.69) is 31.0 Å². The van der Waals surface area contributed by atoms with Crippen LogP contribution in [0.5, 0.6) is 5.75 Å². The first kappa shape index (κ1) is 14.5. The van der Waals surface area contributed by atoms with Crippen LogP contribution in [-0.4, -0.2) is 16.7 Å². The summed E-state index contributed by atoms with van der Waals surface area (Å²) in [6, 6.07) is 10.0. The van der Waals surface area contributed by atoms with Gasteiger partial charge >= 0.3 is 0 Å². The van der Waals surface area contributed by atoms with Crippen molar-refractivity contribution in [3.05, 3.63) is 59.4 Å². The molecule has 3 heteroatoms. The maximum Gasteiger partial charge on any atom is 0.137 e. The van der Waals surface area contributed by atoms with Gasteiger partial charge in [-0.25, -0.2) is 0 Å². The Balaban J connectivity index is 2.06. The van der Waals surface area contributed by atoms with Gasteiger partial charge in [0, 0.05) is 18.2 Å². The minimum atomic E-state index is -0.561. The topological polar surface area (TPSA) is 42.4 Å². The molecule has 20 heavy (non-hydrogen) atoms. The SMILES string of the molecule is CCCOc1cncc(C(O)Cc2cccc(C)c2)c1. The minimum Gasteiger partial charge on any atom is -0.492 e. The Kier molecular flexibility index (Phi) is 5.13. The van der Waals surface area contributed by atoms with E-state index in [1.807, 2.05) is 18.2 Å². The lowest BCUT2D eigenvalue weighted by atomic mass is 10.0. The van der Waals surface area contributed by atoms with Gasteiger partial charge in [0.05, 0.1) is 18.9 Å². The molecule has 0 aliphatic carbocycles. The molecule has 1 heterocycles. The van der Waals surface area contributed by atoms with Crippen LogP contribution in [0.4, 0.5) is 0 Å². The molecular weight excluding hydrogens is 250 g/mol. The molecule has 106 valence electrons. The quantitative estimate of drug-likeness (QED) is 0.875. The number of ether oxygens (including phenoxy) is 1. The van der Waals surface area contributed by atoms with E-state index in [0.717, 1.165) is 17.5 Å². The molecule has 0 radical (unpaired) electrons. The molecule has 0 spiro atoms. The first-order valence-electron chi connectivity index (χ1n) is 7.00. The second-order valence-electron chi connectivity index (χ2n) is 5.01. The standard InChI is InChI=1S/C17H21NO2/c1-3-7-20-16-10-15(11-18-12-16)17(19)9-14-6-4-5-13(2)8-14/h4-6,8,10-12,17,19H,3,7,9H2,1-2H3. The highest BCUT2D eigenvalue weighted by molar-refractivity contribution is 5.28. The Bertz CT molecular complexity index is 554. The molecule has 0 fully saturated rings. The molecule has 1 aromatic heterocycles. The molecule has 2 rings (SSSR count). The third-order valence-corrected chi connectivity index (χ3v) is 3.10. The number of aliphatic hydroxyl groups is 1. The Morgan fingerprint density at radius 2 is 2.10 bits per heavy atom. The van der Waals surface area contributed by atoms with Gasteiger partial charge in [-0.1, -0.05) is 36.8 Å². The molecule has 0 amide bonds. The van der Waals surface area contributed by atoms with E-state index in [0.29, 0.717) is 18.8 Å². The number of aliphatic hydroxyl groups excluding tert-OH is 1. The summed E-state index contributed by atoms with van der Waals surface area (Å²) in [5.41, 5.74) is 3.12. The largest absolute Gasteiger partial charge is 0.492 e. The minimum absolute atomic E-state index is 0.561. The van der Waals surface area contributed by atoms with Gasteiger partial charge < -0.3 is 9.84 Å². The van der Waals surface area contributed by atoms with Gasteiger partial charge in [-0.15, -0.1) is 0 Å². The summed E-state index contributed by atoms with van der Waals surface area (Å²) in [5.74, 6) is 0.715. The van der Waals surface area contributed by atoms with Gasteiger partial charge in [-0.2, -0.15) is 0 Å². The summed E-state index contributed by atoms with van der Waals surface area (Å²) in [5, 5.41) is 10.3. The molecule has 1 unspecified atom stereocenters. The Labute approximate surface area is 120 Å². The number of aryl methyl sites for hydroxylation is 1. The maximum atomic E-state index is 10.3. The van der Waals surface area contributed by atoms with Crippen LogP contribution < -0.4 is 4.74 Å². The van der Waals surface area contributed by atoms with E-state index in [-0.39, 0.29) is 0 Å². The zero-order chi connectivity index (χ0) is 14.4. The van der Waals surface area contributed by atoms with Crippen molar-refractivity contribution < 1.29 is 9.84 Å². The average Bonchev–Trinajstić information content (AvgIpc) is 2.45. The summed E-state index contributed by atoms with van der Waals surface area (Å²) >= 11 is 0. The van der Waals surface area contributed by atoms with Crippen LogP contribution in [0.3, 0.4) is 0 Å². The van der Waals surface area contributed by atoms with Crippen LogP contribution in [0.2, 0.25) is 0 Å². The van der Waals surface area contributed by atoms with Crippen molar-refractivity contribution in [2.24, 2.45) is 0 Å². The molecule has 0 saturated heterocycles. The second-order valence-corrected chi connectivity index (χ2v) is 5.01. The van der Waals surface area contributed by atoms with Gasteiger partial charge in [0.1, 0.15) is 5.75 Å². The zero-order valence-corrected chi connectivity index (χ0v) is 12.0. The molecule has 1 aromatic carbocycles. The number of pyridine rings is 1. The molecule has 0 aliphatic heterocycles. The summed E-state index contributed by atoms with van der Waals surface area (Å²) in [6.07, 6.45) is 4.35. The van der Waals surface area contributed by atoms with Crippen molar-refractivity contribution in [2.45, 2.75) is 32.8 Å². The highest BCUT2D eigenvalue weighted by atomic mass is 16.5. The number of hydrogen-bond donors (Lipinski definition) is 1. The van der Waals surface area contributed by atoms with Crippen LogP contribution >= 0.6 is 0 Å². The lowest BCUT2D eigenvalue weighted by molar-refractivity contribution is 0.177. The van der Waals surface area contributed by atoms with Crippen molar-refractivity contribution in [1.29, 1.82) is 0 Å². The van der Waals surface area contributed by atoms with Crippen LogP contribution in [0.25, 0.3) is 0 Å². The molecular formula is C17H21NO2. The Morgan fingerprint density at radius 3 is 2.85 bits per heavy atom. The number of nitrogens with zero attached hydrogens (tertiary/aromatic N) is 1. The lowest BCUT2D eigenvalue weighted by Gasteiger charge is -2.12. The van der Waals surface area contributed by atoms with E-state index < -0.39 is 6.10 Å². The zero-order valence-electron chi connectivity index (χ0n) is 12.0. The molecule has 0 saturated carbocycles. The Hall–Kier alpha value is -1.87. The van der Waals surface area contributed by atoms with Crippen molar-refractivity contribution in [3.8, 4) is 5.75 Å². The summed E-state index contributed by atoms with van der Waals surface area (Å²) in [4.78, 5) is 4.13. The van der Waals surface area contributed by atoms with Crippen molar-refractivity contribution in [1.82, 2.24) is 4.98 Å². The van der Waals surface area contributed by atoms with Gasteiger partial charge in [0.25, 0.3) is 0 Å². The first-order chi connectivity index (χ1) is 9.69. The van der Waals surface area contributed by atoms with E-state index in [4.69, 9.17) is 4.74 Å². The van der Waals surface area contributed by atoms with E-state index in [1.54, 1.807) is 12.4 Å². The normalized spacial score (nSPS) is 12.2. The molecule has 1 atom stereocenters. The van der Waals surface area contributed by atoms with E-state index >= 15 is 0 Å². The lowest BCUT2D eigenvalue weighted by Crippen LogP contribution is -2.04. The van der Waals surface area contributed by atoms with Crippen molar-refractivity contribution in [2.75, 3.05) is 6.61 Å². The number of rotatable bonds is 6. The van der Waals surface area contributed by atoms with Gasteiger partial charge in [-0.05, 0) is 25.0 Å². The van der Waals surface area contributed by atoms with Gasteiger partial charge in [-0.3, -0.25) is 4.98 Å². The number of hydrogen-bond acceptors (Lipinski definition) is 3. The van der Waals surface area contributed by atoms with Crippen LogP contribution in [0, 0.1) is 6.92 Å². The van der Waals surface area contributed by atoms with E-state index in [1.165, 1.54) is 5.56 Å². The molecule has 0 bridgehead atoms. The summed E-state index contributed by atoms with van der Waals surface area (Å²) in [6.45, 7) is 4.78. The predicted octanol–water partition coefficient (Wildman–Crippen LogP) is 3.45. The predicted molar refractivity (Wildman–Crippen MR) is 79.9 cm³/mol.